The summed E-state index contributed by atoms with van der Waals surface area (Å²) in [5.74, 6) is 0. The van der Waals surface area contributed by atoms with Crippen LogP contribution in [0.2, 0.25) is 0 Å². The summed E-state index contributed by atoms with van der Waals surface area (Å²) in [6.45, 7) is 6.48. The van der Waals surface area contributed by atoms with Crippen LogP contribution in [0.1, 0.15) is 42.8 Å². The molecule has 2 atom stereocenters. The van der Waals surface area contributed by atoms with Gasteiger partial charge < -0.3 is 5.32 Å². The van der Waals surface area contributed by atoms with Gasteiger partial charge in [0.05, 0.1) is 5.69 Å². The first-order valence-corrected chi connectivity index (χ1v) is 5.99. The smallest absolute Gasteiger partial charge is 0.0518 e. The first-order chi connectivity index (χ1) is 8.18. The Morgan fingerprint density at radius 1 is 1.12 bits per heavy atom. The molecular weight excluding hydrogens is 210 g/mol. The molecule has 2 rings (SSSR count). The standard InChI is InChI=1S/C14H19N3/c1-10-6-4-5-7-13(10)11(2)16-12(3)14-8-9-15-17-14/h4-9,11-12,16H,1-3H3,(H,15,17)/t11-,12?/m0/s1. The van der Waals surface area contributed by atoms with E-state index < -0.39 is 0 Å². The minimum absolute atomic E-state index is 0.270. The molecule has 0 spiro atoms. The van der Waals surface area contributed by atoms with E-state index in [1.807, 2.05) is 6.07 Å². The van der Waals surface area contributed by atoms with Gasteiger partial charge in [-0.25, -0.2) is 0 Å². The maximum absolute atomic E-state index is 3.98. The Hall–Kier alpha value is -1.61. The molecule has 0 amide bonds. The Bertz CT molecular complexity index is 462. The number of H-pyrrole nitrogens is 1. The molecule has 0 saturated carbocycles. The average molecular weight is 229 g/mol. The highest BCUT2D eigenvalue weighted by Crippen LogP contribution is 2.20. The van der Waals surface area contributed by atoms with E-state index in [-0.39, 0.29) is 6.04 Å². The SMILES string of the molecule is Cc1ccccc1[C@H](C)NC(C)c1ccn[nH]1. The molecule has 0 aliphatic rings. The van der Waals surface area contributed by atoms with E-state index >= 15 is 0 Å². The molecule has 0 saturated heterocycles. The second-order valence-electron chi connectivity index (χ2n) is 4.48. The third kappa shape index (κ3) is 2.74. The molecule has 17 heavy (non-hydrogen) atoms. The van der Waals surface area contributed by atoms with E-state index in [1.54, 1.807) is 6.20 Å². The molecule has 0 bridgehead atoms. The number of benzene rings is 1. The number of aryl methyl sites for hydroxylation is 1. The predicted octanol–water partition coefficient (Wildman–Crippen LogP) is 3.13. The maximum atomic E-state index is 3.98. The molecule has 0 aliphatic heterocycles. The van der Waals surface area contributed by atoms with E-state index in [2.05, 4.69) is 60.6 Å². The molecule has 1 heterocycles. The van der Waals surface area contributed by atoms with Crippen LogP contribution in [0, 0.1) is 6.92 Å². The zero-order valence-corrected chi connectivity index (χ0v) is 10.6. The lowest BCUT2D eigenvalue weighted by Crippen LogP contribution is -2.23. The zero-order valence-electron chi connectivity index (χ0n) is 10.6. The van der Waals surface area contributed by atoms with Crippen LogP contribution >= 0.6 is 0 Å². The lowest BCUT2D eigenvalue weighted by molar-refractivity contribution is 0.484. The summed E-state index contributed by atoms with van der Waals surface area (Å²) in [5, 5.41) is 10.5. The van der Waals surface area contributed by atoms with Crippen molar-refractivity contribution in [3.63, 3.8) is 0 Å². The van der Waals surface area contributed by atoms with Crippen molar-refractivity contribution in [3.8, 4) is 0 Å². The summed E-state index contributed by atoms with van der Waals surface area (Å²) in [4.78, 5) is 0. The average Bonchev–Trinajstić information content (AvgIpc) is 2.82. The van der Waals surface area contributed by atoms with Crippen LogP contribution in [0.5, 0.6) is 0 Å². The molecule has 0 radical (unpaired) electrons. The number of aromatic nitrogens is 2. The molecule has 90 valence electrons. The van der Waals surface area contributed by atoms with Gasteiger partial charge in [0.15, 0.2) is 0 Å². The maximum Gasteiger partial charge on any atom is 0.0518 e. The Morgan fingerprint density at radius 2 is 1.88 bits per heavy atom. The van der Waals surface area contributed by atoms with Gasteiger partial charge in [0.2, 0.25) is 0 Å². The van der Waals surface area contributed by atoms with Crippen LogP contribution in [0.25, 0.3) is 0 Å². The van der Waals surface area contributed by atoms with E-state index in [1.165, 1.54) is 11.1 Å². The molecule has 3 heteroatoms. The molecule has 0 aliphatic carbocycles. The fourth-order valence-corrected chi connectivity index (χ4v) is 2.13. The number of nitrogens with zero attached hydrogens (tertiary/aromatic N) is 1. The number of aromatic amines is 1. The van der Waals surface area contributed by atoms with Gasteiger partial charge in [0.25, 0.3) is 0 Å². The van der Waals surface area contributed by atoms with Crippen molar-refractivity contribution in [1.29, 1.82) is 0 Å². The fourth-order valence-electron chi connectivity index (χ4n) is 2.13. The lowest BCUT2D eigenvalue weighted by atomic mass is 10.0. The molecule has 3 nitrogen and oxygen atoms in total. The van der Waals surface area contributed by atoms with E-state index in [0.29, 0.717) is 6.04 Å². The fraction of sp³-hybridized carbons (Fsp3) is 0.357. The number of nitrogens with one attached hydrogen (secondary N) is 2. The van der Waals surface area contributed by atoms with Gasteiger partial charge >= 0.3 is 0 Å². The summed E-state index contributed by atoms with van der Waals surface area (Å²) >= 11 is 0. The molecule has 1 unspecified atom stereocenters. The van der Waals surface area contributed by atoms with Gasteiger partial charge in [-0.05, 0) is 38.0 Å². The normalized spacial score (nSPS) is 14.5. The van der Waals surface area contributed by atoms with Crippen LogP contribution in [0.15, 0.2) is 36.5 Å². The summed E-state index contributed by atoms with van der Waals surface area (Å²) in [7, 11) is 0. The zero-order chi connectivity index (χ0) is 12.3. The molecule has 2 N–H and O–H groups in total. The Labute approximate surface area is 102 Å². The van der Waals surface area contributed by atoms with Crippen molar-refractivity contribution in [3.05, 3.63) is 53.3 Å². The molecular formula is C14H19N3. The van der Waals surface area contributed by atoms with Crippen LogP contribution in [-0.4, -0.2) is 10.2 Å². The summed E-state index contributed by atoms with van der Waals surface area (Å²) in [5.41, 5.74) is 3.79. The quantitative estimate of drug-likeness (QED) is 0.845. The second-order valence-corrected chi connectivity index (χ2v) is 4.48. The molecule has 1 aromatic carbocycles. The lowest BCUT2D eigenvalue weighted by Gasteiger charge is -2.20. The van der Waals surface area contributed by atoms with Crippen LogP contribution in [0.4, 0.5) is 0 Å². The Kier molecular flexibility index (Phi) is 3.59. The van der Waals surface area contributed by atoms with Gasteiger partial charge in [-0.3, -0.25) is 5.10 Å². The topological polar surface area (TPSA) is 40.7 Å². The van der Waals surface area contributed by atoms with Crippen molar-refractivity contribution in [1.82, 2.24) is 15.5 Å². The van der Waals surface area contributed by atoms with E-state index in [9.17, 15) is 0 Å². The highest BCUT2D eigenvalue weighted by Gasteiger charge is 2.12. The first-order valence-electron chi connectivity index (χ1n) is 5.99. The Morgan fingerprint density at radius 3 is 2.53 bits per heavy atom. The first kappa shape index (κ1) is 11.9. The van der Waals surface area contributed by atoms with Crippen LogP contribution < -0.4 is 5.32 Å². The molecule has 0 fully saturated rings. The van der Waals surface area contributed by atoms with Crippen molar-refractivity contribution in [2.24, 2.45) is 0 Å². The minimum atomic E-state index is 0.270. The number of hydrogen-bond donors (Lipinski definition) is 2. The summed E-state index contributed by atoms with van der Waals surface area (Å²) in [6.07, 6.45) is 1.78. The van der Waals surface area contributed by atoms with E-state index in [0.717, 1.165) is 5.69 Å². The monoisotopic (exact) mass is 229 g/mol. The predicted molar refractivity (Wildman–Crippen MR) is 69.7 cm³/mol. The van der Waals surface area contributed by atoms with Gasteiger partial charge in [0.1, 0.15) is 0 Å². The largest absolute Gasteiger partial charge is 0.302 e. The second kappa shape index (κ2) is 5.15. The summed E-state index contributed by atoms with van der Waals surface area (Å²) < 4.78 is 0. The Balaban J connectivity index is 2.07. The number of hydrogen-bond acceptors (Lipinski definition) is 2. The third-order valence-corrected chi connectivity index (χ3v) is 3.14. The van der Waals surface area contributed by atoms with Gasteiger partial charge in [0, 0.05) is 18.3 Å². The van der Waals surface area contributed by atoms with Crippen LogP contribution in [0.3, 0.4) is 0 Å². The van der Waals surface area contributed by atoms with Crippen LogP contribution in [-0.2, 0) is 0 Å². The van der Waals surface area contributed by atoms with Crippen molar-refractivity contribution in [2.75, 3.05) is 0 Å². The molecule has 2 aromatic rings. The van der Waals surface area contributed by atoms with Crippen molar-refractivity contribution in [2.45, 2.75) is 32.9 Å². The molecule has 1 aromatic heterocycles. The highest BCUT2D eigenvalue weighted by atomic mass is 15.1. The van der Waals surface area contributed by atoms with Gasteiger partial charge in [-0.2, -0.15) is 5.10 Å². The highest BCUT2D eigenvalue weighted by molar-refractivity contribution is 5.28. The van der Waals surface area contributed by atoms with Gasteiger partial charge in [-0.15, -0.1) is 0 Å². The van der Waals surface area contributed by atoms with E-state index in [4.69, 9.17) is 0 Å². The summed E-state index contributed by atoms with van der Waals surface area (Å²) in [6, 6.07) is 11.1. The number of rotatable bonds is 4. The van der Waals surface area contributed by atoms with Crippen molar-refractivity contribution < 1.29 is 0 Å². The van der Waals surface area contributed by atoms with Gasteiger partial charge in [-0.1, -0.05) is 24.3 Å². The van der Waals surface area contributed by atoms with Crippen molar-refractivity contribution >= 4 is 0 Å². The third-order valence-electron chi connectivity index (χ3n) is 3.14. The minimum Gasteiger partial charge on any atom is -0.302 e.